The van der Waals surface area contributed by atoms with Crippen molar-refractivity contribution in [3.63, 3.8) is 0 Å². The fourth-order valence-corrected chi connectivity index (χ4v) is 1.82. The Morgan fingerprint density at radius 2 is 2.12 bits per heavy atom. The van der Waals surface area contributed by atoms with E-state index in [4.69, 9.17) is 4.74 Å². The topological polar surface area (TPSA) is 46.6 Å². The zero-order valence-corrected chi connectivity index (χ0v) is 10.6. The molecule has 1 fully saturated rings. The van der Waals surface area contributed by atoms with Gasteiger partial charge in [0.2, 0.25) is 0 Å². The molecule has 4 nitrogen and oxygen atoms in total. The van der Waals surface area contributed by atoms with E-state index in [1.165, 1.54) is 4.90 Å². The zero-order valence-electron chi connectivity index (χ0n) is 10.6. The molecule has 0 saturated carbocycles. The number of Topliss-reactive ketones (excluding diaryl/α,β-unsaturated/α-hetero) is 1. The van der Waals surface area contributed by atoms with Crippen LogP contribution < -0.4 is 0 Å². The number of nitrogens with zero attached hydrogens (tertiary/aromatic N) is 1. The summed E-state index contributed by atoms with van der Waals surface area (Å²) in [5.41, 5.74) is -0.497. The minimum atomic E-state index is -0.497. The van der Waals surface area contributed by atoms with Gasteiger partial charge in [0.25, 0.3) is 0 Å². The molecule has 4 heteroatoms. The summed E-state index contributed by atoms with van der Waals surface area (Å²) in [4.78, 5) is 24.8. The molecule has 1 amide bonds. The molecule has 92 valence electrons. The molecule has 1 atom stereocenters. The monoisotopic (exact) mass is 227 g/mol. The van der Waals surface area contributed by atoms with Crippen LogP contribution in [0.15, 0.2) is 0 Å². The Morgan fingerprint density at radius 1 is 1.50 bits per heavy atom. The van der Waals surface area contributed by atoms with Gasteiger partial charge in [-0.3, -0.25) is 4.79 Å². The molecule has 1 aliphatic heterocycles. The Bertz CT molecular complexity index is 280. The molecule has 0 spiro atoms. The summed E-state index contributed by atoms with van der Waals surface area (Å²) >= 11 is 0. The van der Waals surface area contributed by atoms with Gasteiger partial charge in [-0.1, -0.05) is 13.3 Å². The van der Waals surface area contributed by atoms with Crippen molar-refractivity contribution in [1.82, 2.24) is 4.90 Å². The number of hydrogen-bond donors (Lipinski definition) is 0. The van der Waals surface area contributed by atoms with Crippen molar-refractivity contribution < 1.29 is 14.3 Å². The average Bonchev–Trinajstić information content (AvgIpc) is 2.46. The third kappa shape index (κ3) is 3.51. The van der Waals surface area contributed by atoms with E-state index in [0.29, 0.717) is 6.54 Å². The van der Waals surface area contributed by atoms with Crippen LogP contribution in [0.4, 0.5) is 4.79 Å². The van der Waals surface area contributed by atoms with E-state index in [9.17, 15) is 9.59 Å². The second-order valence-electron chi connectivity index (χ2n) is 5.31. The molecule has 0 radical (unpaired) electrons. The highest BCUT2D eigenvalue weighted by molar-refractivity contribution is 5.89. The van der Waals surface area contributed by atoms with Crippen molar-refractivity contribution in [2.24, 2.45) is 5.92 Å². The number of hydrogen-bond acceptors (Lipinski definition) is 3. The van der Waals surface area contributed by atoms with E-state index >= 15 is 0 Å². The number of ketones is 1. The third-order valence-electron chi connectivity index (χ3n) is 2.53. The first kappa shape index (κ1) is 13.0. The predicted octanol–water partition coefficient (Wildman–Crippen LogP) is 2.22. The summed E-state index contributed by atoms with van der Waals surface area (Å²) in [5.74, 6) is 0.172. The van der Waals surface area contributed by atoms with Gasteiger partial charge < -0.3 is 9.64 Å². The van der Waals surface area contributed by atoms with Gasteiger partial charge in [0.15, 0.2) is 5.78 Å². The summed E-state index contributed by atoms with van der Waals surface area (Å²) in [6, 6.07) is 0. The highest BCUT2D eigenvalue weighted by Gasteiger charge is 2.34. The fraction of sp³-hybridized carbons (Fsp3) is 0.833. The van der Waals surface area contributed by atoms with Gasteiger partial charge in [-0.2, -0.15) is 0 Å². The lowest BCUT2D eigenvalue weighted by Gasteiger charge is -2.23. The largest absolute Gasteiger partial charge is 0.444 e. The Labute approximate surface area is 96.9 Å². The number of carbonyl (C=O) groups excluding carboxylic acids is 2. The molecule has 0 bridgehead atoms. The van der Waals surface area contributed by atoms with Crippen LogP contribution in [-0.2, 0) is 9.53 Å². The lowest BCUT2D eigenvalue weighted by molar-refractivity contribution is -0.120. The highest BCUT2D eigenvalue weighted by atomic mass is 16.6. The maximum atomic E-state index is 11.7. The second kappa shape index (κ2) is 4.85. The molecule has 1 rings (SSSR count). The van der Waals surface area contributed by atoms with Crippen molar-refractivity contribution in [1.29, 1.82) is 0 Å². The normalized spacial score (nSPS) is 21.4. The smallest absolute Gasteiger partial charge is 0.410 e. The number of likely N-dealkylation sites (tertiary alicyclic amines) is 1. The van der Waals surface area contributed by atoms with Gasteiger partial charge in [-0.25, -0.2) is 4.79 Å². The van der Waals surface area contributed by atoms with E-state index in [-0.39, 0.29) is 24.3 Å². The quantitative estimate of drug-likeness (QED) is 0.726. The van der Waals surface area contributed by atoms with Crippen LogP contribution in [0.1, 0.15) is 40.5 Å². The van der Waals surface area contributed by atoms with E-state index in [2.05, 4.69) is 0 Å². The van der Waals surface area contributed by atoms with Crippen molar-refractivity contribution >= 4 is 11.9 Å². The molecular weight excluding hydrogens is 206 g/mol. The first-order chi connectivity index (χ1) is 7.33. The SMILES string of the molecule is CCCC1CN(C(=O)OC(C)(C)C)CC1=O. The molecule has 0 aromatic rings. The fourth-order valence-electron chi connectivity index (χ4n) is 1.82. The van der Waals surface area contributed by atoms with Crippen molar-refractivity contribution in [2.45, 2.75) is 46.1 Å². The van der Waals surface area contributed by atoms with E-state index in [0.717, 1.165) is 12.8 Å². The Kier molecular flexibility index (Phi) is 3.94. The maximum absolute atomic E-state index is 11.7. The van der Waals surface area contributed by atoms with E-state index < -0.39 is 5.60 Å². The molecule has 0 aliphatic carbocycles. The average molecular weight is 227 g/mol. The van der Waals surface area contributed by atoms with Crippen LogP contribution in [-0.4, -0.2) is 35.5 Å². The highest BCUT2D eigenvalue weighted by Crippen LogP contribution is 2.20. The molecule has 0 aromatic carbocycles. The molecule has 1 heterocycles. The van der Waals surface area contributed by atoms with Gasteiger partial charge in [0.1, 0.15) is 5.60 Å². The molecule has 1 unspecified atom stereocenters. The standard InChI is InChI=1S/C12H21NO3/c1-5-6-9-7-13(8-10(9)14)11(15)16-12(2,3)4/h9H,5-8H2,1-4H3. The second-order valence-corrected chi connectivity index (χ2v) is 5.31. The predicted molar refractivity (Wildman–Crippen MR) is 61.2 cm³/mol. The van der Waals surface area contributed by atoms with Crippen molar-refractivity contribution in [3.05, 3.63) is 0 Å². The molecule has 1 aliphatic rings. The zero-order chi connectivity index (χ0) is 12.3. The minimum Gasteiger partial charge on any atom is -0.444 e. The van der Waals surface area contributed by atoms with Crippen LogP contribution in [0, 0.1) is 5.92 Å². The summed E-state index contributed by atoms with van der Waals surface area (Å²) in [5, 5.41) is 0. The lowest BCUT2D eigenvalue weighted by Crippen LogP contribution is -2.35. The molecular formula is C12H21NO3. The summed E-state index contributed by atoms with van der Waals surface area (Å²) in [6.45, 7) is 8.25. The Morgan fingerprint density at radius 3 is 2.62 bits per heavy atom. The van der Waals surface area contributed by atoms with Gasteiger partial charge in [0, 0.05) is 12.5 Å². The molecule has 16 heavy (non-hydrogen) atoms. The summed E-state index contributed by atoms with van der Waals surface area (Å²) in [7, 11) is 0. The van der Waals surface area contributed by atoms with Crippen molar-refractivity contribution in [2.75, 3.05) is 13.1 Å². The first-order valence-electron chi connectivity index (χ1n) is 5.84. The van der Waals surface area contributed by atoms with Crippen LogP contribution in [0.2, 0.25) is 0 Å². The first-order valence-corrected chi connectivity index (χ1v) is 5.84. The molecule has 1 saturated heterocycles. The summed E-state index contributed by atoms with van der Waals surface area (Å²) in [6.07, 6.45) is 1.45. The van der Waals surface area contributed by atoms with E-state index in [1.54, 1.807) is 0 Å². The number of ether oxygens (including phenoxy) is 1. The van der Waals surface area contributed by atoms with Gasteiger partial charge in [0.05, 0.1) is 6.54 Å². The maximum Gasteiger partial charge on any atom is 0.410 e. The van der Waals surface area contributed by atoms with Gasteiger partial charge >= 0.3 is 6.09 Å². The van der Waals surface area contributed by atoms with Crippen LogP contribution >= 0.6 is 0 Å². The third-order valence-corrected chi connectivity index (χ3v) is 2.53. The number of rotatable bonds is 2. The van der Waals surface area contributed by atoms with Gasteiger partial charge in [-0.05, 0) is 27.2 Å². The van der Waals surface area contributed by atoms with Gasteiger partial charge in [-0.15, -0.1) is 0 Å². The Balaban J connectivity index is 2.52. The van der Waals surface area contributed by atoms with Crippen LogP contribution in [0.3, 0.4) is 0 Å². The van der Waals surface area contributed by atoms with E-state index in [1.807, 2.05) is 27.7 Å². The number of amides is 1. The number of carbonyl (C=O) groups is 2. The summed E-state index contributed by atoms with van der Waals surface area (Å²) < 4.78 is 5.23. The molecule has 0 N–H and O–H groups in total. The Hall–Kier alpha value is -1.06. The lowest BCUT2D eigenvalue weighted by atomic mass is 10.0. The minimum absolute atomic E-state index is 0.0116. The van der Waals surface area contributed by atoms with Crippen LogP contribution in [0.5, 0.6) is 0 Å². The molecule has 0 aromatic heterocycles. The van der Waals surface area contributed by atoms with Crippen LogP contribution in [0.25, 0.3) is 0 Å². The van der Waals surface area contributed by atoms with Crippen molar-refractivity contribution in [3.8, 4) is 0 Å².